The van der Waals surface area contributed by atoms with E-state index >= 15 is 0 Å². The number of nitrogens with zero attached hydrogens (tertiary/aromatic N) is 2. The summed E-state index contributed by atoms with van der Waals surface area (Å²) in [5.74, 6) is -0.257. The number of carbonyl (C=O) groups excluding carboxylic acids is 1. The zero-order valence-electron chi connectivity index (χ0n) is 15.9. The number of hydrogen-bond acceptors (Lipinski definition) is 5. The lowest BCUT2D eigenvalue weighted by molar-refractivity contribution is -0.127. The molecule has 1 atom stereocenters. The predicted molar refractivity (Wildman–Crippen MR) is 105 cm³/mol. The van der Waals surface area contributed by atoms with Gasteiger partial charge in [-0.15, -0.1) is 0 Å². The second-order valence-corrected chi connectivity index (χ2v) is 7.31. The Morgan fingerprint density at radius 3 is 2.59 bits per heavy atom. The van der Waals surface area contributed by atoms with Crippen LogP contribution in [-0.4, -0.2) is 59.1 Å². The highest BCUT2D eigenvalue weighted by Crippen LogP contribution is 2.29. The molecule has 1 aliphatic rings. The van der Waals surface area contributed by atoms with Crippen molar-refractivity contribution in [3.8, 4) is 11.5 Å². The average Bonchev–Trinajstić information content (AvgIpc) is 2.64. The molecular formula is C21H27N3O3. The van der Waals surface area contributed by atoms with E-state index in [0.29, 0.717) is 26.1 Å². The molecule has 2 aromatic carbocycles. The molecule has 2 aromatic rings. The predicted octanol–water partition coefficient (Wildman–Crippen LogP) is 1.70. The summed E-state index contributed by atoms with van der Waals surface area (Å²) >= 11 is 0. The Balaban J connectivity index is 1.78. The van der Waals surface area contributed by atoms with Gasteiger partial charge in [-0.05, 0) is 49.3 Å². The maximum atomic E-state index is 12.9. The van der Waals surface area contributed by atoms with E-state index in [9.17, 15) is 15.0 Å². The van der Waals surface area contributed by atoms with Crippen LogP contribution < -0.4 is 5.32 Å². The first-order valence-corrected chi connectivity index (χ1v) is 9.18. The van der Waals surface area contributed by atoms with E-state index < -0.39 is 0 Å². The van der Waals surface area contributed by atoms with Crippen molar-refractivity contribution in [1.29, 1.82) is 0 Å². The molecule has 0 saturated carbocycles. The molecule has 6 nitrogen and oxygen atoms in total. The van der Waals surface area contributed by atoms with Crippen LogP contribution in [0.5, 0.6) is 11.5 Å². The van der Waals surface area contributed by atoms with Gasteiger partial charge in [-0.1, -0.05) is 30.3 Å². The second kappa shape index (κ2) is 8.41. The summed E-state index contributed by atoms with van der Waals surface area (Å²) in [4.78, 5) is 17.0. The summed E-state index contributed by atoms with van der Waals surface area (Å²) in [5.41, 5.74) is 3.28. The van der Waals surface area contributed by atoms with Crippen molar-refractivity contribution in [2.45, 2.75) is 25.6 Å². The summed E-state index contributed by atoms with van der Waals surface area (Å²) in [6, 6.07) is 12.7. The number of likely N-dealkylation sites (N-methyl/N-ethyl adjacent to an activating group) is 1. The molecule has 0 bridgehead atoms. The van der Waals surface area contributed by atoms with Crippen LogP contribution >= 0.6 is 0 Å². The third-order valence-electron chi connectivity index (χ3n) is 4.93. The lowest BCUT2D eigenvalue weighted by atomic mass is 9.93. The number of rotatable bonds is 6. The fourth-order valence-electron chi connectivity index (χ4n) is 3.42. The van der Waals surface area contributed by atoms with Crippen LogP contribution in [0.15, 0.2) is 42.5 Å². The minimum Gasteiger partial charge on any atom is -0.504 e. The Kier molecular flexibility index (Phi) is 5.98. The van der Waals surface area contributed by atoms with E-state index in [1.807, 2.05) is 31.1 Å². The van der Waals surface area contributed by atoms with Crippen LogP contribution in [0.3, 0.4) is 0 Å². The van der Waals surface area contributed by atoms with Crippen LogP contribution in [-0.2, 0) is 24.3 Å². The molecule has 1 heterocycles. The van der Waals surface area contributed by atoms with Crippen LogP contribution in [0.25, 0.3) is 0 Å². The van der Waals surface area contributed by atoms with Crippen molar-refractivity contribution >= 4 is 5.91 Å². The maximum Gasteiger partial charge on any atom is 0.237 e. The quantitative estimate of drug-likeness (QED) is 0.676. The minimum absolute atomic E-state index is 0.0225. The number of amides is 1. The zero-order valence-corrected chi connectivity index (χ0v) is 15.9. The molecule has 0 spiro atoms. The Labute approximate surface area is 160 Å². The standard InChI is InChI=1S/C21H27N3O3/c1-23(2)10-9-22-21(27)18-12-16-5-3-4-6-17(16)14-24(18)13-15-7-8-19(25)20(26)11-15/h3-8,11,18,25-26H,9-10,12-14H2,1-2H3,(H,22,27). The molecule has 1 unspecified atom stereocenters. The fraction of sp³-hybridized carbons (Fsp3) is 0.381. The number of carbonyl (C=O) groups is 1. The van der Waals surface area contributed by atoms with E-state index in [-0.39, 0.29) is 23.4 Å². The molecule has 0 radical (unpaired) electrons. The summed E-state index contributed by atoms with van der Waals surface area (Å²) < 4.78 is 0. The lowest BCUT2D eigenvalue weighted by Crippen LogP contribution is -2.50. The van der Waals surface area contributed by atoms with Gasteiger partial charge in [-0.3, -0.25) is 9.69 Å². The van der Waals surface area contributed by atoms with E-state index in [2.05, 4.69) is 22.3 Å². The van der Waals surface area contributed by atoms with E-state index in [4.69, 9.17) is 0 Å². The van der Waals surface area contributed by atoms with Gasteiger partial charge in [0.1, 0.15) is 0 Å². The third-order valence-corrected chi connectivity index (χ3v) is 4.93. The Bertz CT molecular complexity index is 807. The zero-order chi connectivity index (χ0) is 19.4. The number of hydrogen-bond donors (Lipinski definition) is 3. The fourth-order valence-corrected chi connectivity index (χ4v) is 3.42. The summed E-state index contributed by atoms with van der Waals surface area (Å²) in [7, 11) is 3.96. The van der Waals surface area contributed by atoms with Gasteiger partial charge in [0.05, 0.1) is 6.04 Å². The van der Waals surface area contributed by atoms with Gasteiger partial charge in [-0.2, -0.15) is 0 Å². The molecule has 6 heteroatoms. The molecule has 0 fully saturated rings. The highest BCUT2D eigenvalue weighted by Gasteiger charge is 2.31. The van der Waals surface area contributed by atoms with E-state index in [0.717, 1.165) is 12.1 Å². The first-order valence-electron chi connectivity index (χ1n) is 9.18. The molecule has 144 valence electrons. The molecule has 0 aromatic heterocycles. The SMILES string of the molecule is CN(C)CCNC(=O)C1Cc2ccccc2CN1Cc1ccc(O)c(O)c1. The van der Waals surface area contributed by atoms with Crippen molar-refractivity contribution in [1.82, 2.24) is 15.1 Å². The molecule has 0 aliphatic carbocycles. The van der Waals surface area contributed by atoms with E-state index in [1.165, 1.54) is 17.2 Å². The van der Waals surface area contributed by atoms with E-state index in [1.54, 1.807) is 12.1 Å². The molecule has 27 heavy (non-hydrogen) atoms. The Morgan fingerprint density at radius 1 is 1.15 bits per heavy atom. The summed E-state index contributed by atoms with van der Waals surface area (Å²) in [6.07, 6.45) is 0.661. The first kappa shape index (κ1) is 19.2. The summed E-state index contributed by atoms with van der Waals surface area (Å²) in [5, 5.41) is 22.3. The molecular weight excluding hydrogens is 342 g/mol. The van der Waals surface area contributed by atoms with Crippen LogP contribution in [0, 0.1) is 0 Å². The average molecular weight is 369 g/mol. The highest BCUT2D eigenvalue weighted by molar-refractivity contribution is 5.82. The summed E-state index contributed by atoms with van der Waals surface area (Å²) in [6.45, 7) is 2.59. The molecule has 0 saturated heterocycles. The van der Waals surface area contributed by atoms with Crippen LogP contribution in [0.4, 0.5) is 0 Å². The van der Waals surface area contributed by atoms with Gasteiger partial charge in [0.15, 0.2) is 11.5 Å². The smallest absolute Gasteiger partial charge is 0.237 e. The van der Waals surface area contributed by atoms with Crippen molar-refractivity contribution < 1.29 is 15.0 Å². The topological polar surface area (TPSA) is 76.0 Å². The Morgan fingerprint density at radius 2 is 1.89 bits per heavy atom. The number of aromatic hydroxyl groups is 2. The normalized spacial score (nSPS) is 16.9. The van der Waals surface area contributed by atoms with Crippen molar-refractivity contribution in [3.05, 3.63) is 59.2 Å². The highest BCUT2D eigenvalue weighted by atomic mass is 16.3. The first-order chi connectivity index (χ1) is 12.9. The lowest BCUT2D eigenvalue weighted by Gasteiger charge is -2.36. The molecule has 3 rings (SSSR count). The molecule has 1 aliphatic heterocycles. The minimum atomic E-state index is -0.266. The largest absolute Gasteiger partial charge is 0.504 e. The van der Waals surface area contributed by atoms with Gasteiger partial charge >= 0.3 is 0 Å². The van der Waals surface area contributed by atoms with Gasteiger partial charge in [0.25, 0.3) is 0 Å². The van der Waals surface area contributed by atoms with Crippen LogP contribution in [0.1, 0.15) is 16.7 Å². The van der Waals surface area contributed by atoms with Crippen molar-refractivity contribution in [3.63, 3.8) is 0 Å². The number of phenolic OH excluding ortho intramolecular Hbond substituents is 2. The number of benzene rings is 2. The van der Waals surface area contributed by atoms with Gasteiger partial charge in [-0.25, -0.2) is 0 Å². The molecule has 3 N–H and O–H groups in total. The van der Waals surface area contributed by atoms with Gasteiger partial charge in [0.2, 0.25) is 5.91 Å². The number of fused-ring (bicyclic) bond motifs is 1. The monoisotopic (exact) mass is 369 g/mol. The van der Waals surface area contributed by atoms with Crippen molar-refractivity contribution in [2.24, 2.45) is 0 Å². The van der Waals surface area contributed by atoms with Gasteiger partial charge < -0.3 is 20.4 Å². The Hall–Kier alpha value is -2.57. The maximum absolute atomic E-state index is 12.9. The second-order valence-electron chi connectivity index (χ2n) is 7.31. The van der Waals surface area contributed by atoms with Gasteiger partial charge in [0, 0.05) is 26.2 Å². The van der Waals surface area contributed by atoms with Crippen LogP contribution in [0.2, 0.25) is 0 Å². The molecule has 1 amide bonds. The number of nitrogens with one attached hydrogen (secondary N) is 1. The van der Waals surface area contributed by atoms with Crippen molar-refractivity contribution in [2.75, 3.05) is 27.2 Å². The number of phenols is 2. The third kappa shape index (κ3) is 4.78.